The van der Waals surface area contributed by atoms with E-state index in [4.69, 9.17) is 4.74 Å². The summed E-state index contributed by atoms with van der Waals surface area (Å²) in [6.45, 7) is 4.30. The van der Waals surface area contributed by atoms with E-state index in [1.54, 1.807) is 7.11 Å². The molecule has 2 N–H and O–H groups in total. The van der Waals surface area contributed by atoms with Gasteiger partial charge < -0.3 is 20.3 Å². The first-order chi connectivity index (χ1) is 13.7. The molecule has 1 heterocycles. The number of benzene rings is 2. The quantitative estimate of drug-likeness (QED) is 0.343. The molecule has 156 valence electrons. The normalized spacial score (nSPS) is 12.8. The molecule has 0 unspecified atom stereocenters. The van der Waals surface area contributed by atoms with Crippen molar-refractivity contribution in [2.45, 2.75) is 19.8 Å². The third kappa shape index (κ3) is 6.09. The molecule has 0 atom stereocenters. The van der Waals surface area contributed by atoms with Gasteiger partial charge in [-0.05, 0) is 43.0 Å². The Kier molecular flexibility index (Phi) is 9.24. The van der Waals surface area contributed by atoms with E-state index in [0.29, 0.717) is 12.5 Å². The fourth-order valence-electron chi connectivity index (χ4n) is 3.40. The number of para-hydroxylation sites is 2. The molecule has 1 aliphatic rings. The molecule has 1 amide bonds. The van der Waals surface area contributed by atoms with Gasteiger partial charge in [0.25, 0.3) is 0 Å². The summed E-state index contributed by atoms with van der Waals surface area (Å²) in [6, 6.07) is 16.0. The molecule has 2 aromatic carbocycles. The third-order valence-electron chi connectivity index (χ3n) is 4.78. The van der Waals surface area contributed by atoms with Crippen molar-refractivity contribution in [3.05, 3.63) is 59.7 Å². The smallest absolute Gasteiger partial charge is 0.248 e. The van der Waals surface area contributed by atoms with E-state index in [1.165, 1.54) is 5.56 Å². The van der Waals surface area contributed by atoms with Crippen molar-refractivity contribution >= 4 is 41.5 Å². The number of ether oxygens (including phenoxy) is 1. The monoisotopic (exact) mass is 508 g/mol. The number of nitrogens with zero attached hydrogens (tertiary/aromatic N) is 2. The predicted molar refractivity (Wildman–Crippen MR) is 129 cm³/mol. The van der Waals surface area contributed by atoms with Crippen LogP contribution in [0.1, 0.15) is 18.1 Å². The van der Waals surface area contributed by atoms with Crippen LogP contribution < -0.4 is 20.3 Å². The standard InChI is InChI=1S/C22H28N4O2.HI/c1-3-23-22(24-14-12-18-9-5-7-11-20(18)28-2)25-16-21(27)26-15-13-17-8-4-6-10-19(17)26;/h4-11H,3,12-16H2,1-2H3,(H2,23,24,25);1H. The van der Waals surface area contributed by atoms with Gasteiger partial charge in [0, 0.05) is 25.3 Å². The number of halogens is 1. The van der Waals surface area contributed by atoms with Gasteiger partial charge in [-0.3, -0.25) is 4.79 Å². The number of hydrogen-bond donors (Lipinski definition) is 2. The van der Waals surface area contributed by atoms with Crippen LogP contribution in [0.5, 0.6) is 5.75 Å². The SMILES string of the molecule is CCNC(=NCC(=O)N1CCc2ccccc21)NCCc1ccccc1OC.I. The summed E-state index contributed by atoms with van der Waals surface area (Å²) < 4.78 is 5.39. The number of fused-ring (bicyclic) bond motifs is 1. The van der Waals surface area contributed by atoms with E-state index in [-0.39, 0.29) is 36.4 Å². The third-order valence-corrected chi connectivity index (χ3v) is 4.78. The van der Waals surface area contributed by atoms with Crippen molar-refractivity contribution in [2.75, 3.05) is 38.2 Å². The maximum absolute atomic E-state index is 12.6. The Morgan fingerprint density at radius 2 is 1.90 bits per heavy atom. The van der Waals surface area contributed by atoms with Crippen molar-refractivity contribution in [2.24, 2.45) is 4.99 Å². The van der Waals surface area contributed by atoms with Crippen LogP contribution in [-0.4, -0.2) is 45.2 Å². The van der Waals surface area contributed by atoms with Gasteiger partial charge in [0.1, 0.15) is 12.3 Å². The van der Waals surface area contributed by atoms with E-state index in [1.807, 2.05) is 48.2 Å². The van der Waals surface area contributed by atoms with Crippen molar-refractivity contribution < 1.29 is 9.53 Å². The highest BCUT2D eigenvalue weighted by Crippen LogP contribution is 2.27. The predicted octanol–water partition coefficient (Wildman–Crippen LogP) is 3.00. The Morgan fingerprint density at radius 3 is 2.69 bits per heavy atom. The average molecular weight is 508 g/mol. The Bertz CT molecular complexity index is 841. The summed E-state index contributed by atoms with van der Waals surface area (Å²) in [4.78, 5) is 18.9. The van der Waals surface area contributed by atoms with Crippen molar-refractivity contribution in [1.82, 2.24) is 10.6 Å². The zero-order chi connectivity index (χ0) is 19.8. The number of hydrogen-bond acceptors (Lipinski definition) is 3. The lowest BCUT2D eigenvalue weighted by atomic mass is 10.1. The second-order valence-corrected chi connectivity index (χ2v) is 6.61. The maximum atomic E-state index is 12.6. The highest BCUT2D eigenvalue weighted by molar-refractivity contribution is 14.0. The molecule has 0 bridgehead atoms. The molecule has 0 saturated carbocycles. The summed E-state index contributed by atoms with van der Waals surface area (Å²) in [6.07, 6.45) is 1.71. The number of rotatable bonds is 7. The Hall–Kier alpha value is -2.29. The topological polar surface area (TPSA) is 66.0 Å². The molecule has 0 spiro atoms. The van der Waals surface area contributed by atoms with Crippen molar-refractivity contribution in [1.29, 1.82) is 0 Å². The lowest BCUT2D eigenvalue weighted by Gasteiger charge is -2.17. The number of aliphatic imine (C=N–C) groups is 1. The van der Waals surface area contributed by atoms with Crippen LogP contribution >= 0.6 is 24.0 Å². The highest BCUT2D eigenvalue weighted by Gasteiger charge is 2.23. The molecule has 1 aliphatic heterocycles. The van der Waals surface area contributed by atoms with Gasteiger partial charge in [-0.1, -0.05) is 36.4 Å². The van der Waals surface area contributed by atoms with Crippen molar-refractivity contribution in [3.63, 3.8) is 0 Å². The highest BCUT2D eigenvalue weighted by atomic mass is 127. The first-order valence-corrected chi connectivity index (χ1v) is 9.75. The summed E-state index contributed by atoms with van der Waals surface area (Å²) in [5.41, 5.74) is 3.37. The number of methoxy groups -OCH3 is 1. The minimum atomic E-state index is 0. The first kappa shape index (κ1) is 23.0. The van der Waals surface area contributed by atoms with E-state index < -0.39 is 0 Å². The molecule has 0 aliphatic carbocycles. The van der Waals surface area contributed by atoms with E-state index in [2.05, 4.69) is 27.8 Å². The molecule has 0 radical (unpaired) electrons. The second kappa shape index (κ2) is 11.6. The minimum absolute atomic E-state index is 0. The van der Waals surface area contributed by atoms with Crippen LogP contribution in [0.3, 0.4) is 0 Å². The van der Waals surface area contributed by atoms with E-state index >= 15 is 0 Å². The number of nitrogens with one attached hydrogen (secondary N) is 2. The van der Waals surface area contributed by atoms with E-state index in [0.717, 1.165) is 42.9 Å². The van der Waals surface area contributed by atoms with Crippen LogP contribution in [0.2, 0.25) is 0 Å². The zero-order valence-corrected chi connectivity index (χ0v) is 19.3. The molecule has 6 nitrogen and oxygen atoms in total. The van der Waals surface area contributed by atoms with Gasteiger partial charge in [-0.25, -0.2) is 4.99 Å². The molecular formula is C22H29IN4O2. The van der Waals surface area contributed by atoms with Crippen molar-refractivity contribution in [3.8, 4) is 5.75 Å². The Balaban J connectivity index is 0.00000300. The van der Waals surface area contributed by atoms with Gasteiger partial charge >= 0.3 is 0 Å². The second-order valence-electron chi connectivity index (χ2n) is 6.61. The van der Waals surface area contributed by atoms with Gasteiger partial charge in [-0.2, -0.15) is 0 Å². The van der Waals surface area contributed by atoms with Gasteiger partial charge in [-0.15, -0.1) is 24.0 Å². The first-order valence-electron chi connectivity index (χ1n) is 9.75. The number of carbonyl (C=O) groups excluding carboxylic acids is 1. The van der Waals surface area contributed by atoms with Gasteiger partial charge in [0.15, 0.2) is 5.96 Å². The largest absolute Gasteiger partial charge is 0.496 e. The Morgan fingerprint density at radius 1 is 1.14 bits per heavy atom. The van der Waals surface area contributed by atoms with Crippen LogP contribution in [0.25, 0.3) is 0 Å². The van der Waals surface area contributed by atoms with Gasteiger partial charge in [0.2, 0.25) is 5.91 Å². The van der Waals surface area contributed by atoms with Gasteiger partial charge in [0.05, 0.1) is 7.11 Å². The van der Waals surface area contributed by atoms with E-state index in [9.17, 15) is 4.79 Å². The lowest BCUT2D eigenvalue weighted by molar-refractivity contribution is -0.117. The summed E-state index contributed by atoms with van der Waals surface area (Å²) in [5.74, 6) is 1.55. The van der Waals surface area contributed by atoms with Crippen LogP contribution in [0.4, 0.5) is 5.69 Å². The van der Waals surface area contributed by atoms with Crippen LogP contribution in [0, 0.1) is 0 Å². The number of carbonyl (C=O) groups is 1. The fraction of sp³-hybridized carbons (Fsp3) is 0.364. The zero-order valence-electron chi connectivity index (χ0n) is 17.0. The molecule has 29 heavy (non-hydrogen) atoms. The number of guanidine groups is 1. The molecule has 2 aromatic rings. The molecule has 7 heteroatoms. The van der Waals surface area contributed by atoms with Crippen LogP contribution in [-0.2, 0) is 17.6 Å². The molecule has 0 fully saturated rings. The lowest BCUT2D eigenvalue weighted by Crippen LogP contribution is -2.40. The Labute approximate surface area is 189 Å². The summed E-state index contributed by atoms with van der Waals surface area (Å²) >= 11 is 0. The van der Waals surface area contributed by atoms with Crippen LogP contribution in [0.15, 0.2) is 53.5 Å². The molecule has 0 saturated heterocycles. The number of amides is 1. The number of anilines is 1. The fourth-order valence-corrected chi connectivity index (χ4v) is 3.40. The summed E-state index contributed by atoms with van der Waals surface area (Å²) in [5, 5.41) is 6.50. The maximum Gasteiger partial charge on any atom is 0.248 e. The minimum Gasteiger partial charge on any atom is -0.496 e. The summed E-state index contributed by atoms with van der Waals surface area (Å²) in [7, 11) is 1.68. The molecule has 0 aromatic heterocycles. The molecule has 3 rings (SSSR count). The average Bonchev–Trinajstić information content (AvgIpc) is 3.16. The molecular weight excluding hydrogens is 479 g/mol.